The van der Waals surface area contributed by atoms with Crippen LogP contribution in [0.1, 0.15) is 31.7 Å². The minimum Gasteiger partial charge on any atom is -0.493 e. The fourth-order valence-corrected chi connectivity index (χ4v) is 5.42. The zero-order valence-corrected chi connectivity index (χ0v) is 18.4. The van der Waals surface area contributed by atoms with Crippen molar-refractivity contribution in [2.45, 2.75) is 42.8 Å². The molecule has 7 nitrogen and oxygen atoms in total. The Morgan fingerprint density at radius 2 is 1.67 bits per heavy atom. The Morgan fingerprint density at radius 1 is 1.00 bits per heavy atom. The summed E-state index contributed by atoms with van der Waals surface area (Å²) in [5, 5.41) is -0.970. The molecule has 0 heterocycles. The van der Waals surface area contributed by atoms with Gasteiger partial charge in [-0.15, -0.1) is 0 Å². The highest BCUT2D eigenvalue weighted by Gasteiger charge is 2.37. The second-order valence-corrected chi connectivity index (χ2v) is 9.22. The van der Waals surface area contributed by atoms with Gasteiger partial charge in [-0.2, -0.15) is 5.90 Å². The lowest BCUT2D eigenvalue weighted by molar-refractivity contribution is -0.148. The molecular formula is C22H29NO6S. The molecule has 0 fully saturated rings. The predicted molar refractivity (Wildman–Crippen MR) is 114 cm³/mol. The second kappa shape index (κ2) is 11.0. The Morgan fingerprint density at radius 3 is 2.27 bits per heavy atom. The van der Waals surface area contributed by atoms with Crippen molar-refractivity contribution in [2.75, 3.05) is 14.2 Å². The highest BCUT2D eigenvalue weighted by molar-refractivity contribution is 7.92. The predicted octanol–water partition coefficient (Wildman–Crippen LogP) is 3.31. The van der Waals surface area contributed by atoms with Crippen LogP contribution >= 0.6 is 0 Å². The molecule has 2 aromatic rings. The zero-order valence-electron chi connectivity index (χ0n) is 17.5. The number of methoxy groups -OCH3 is 2. The lowest BCUT2D eigenvalue weighted by atomic mass is 10.0. The smallest absolute Gasteiger partial charge is 0.328 e. The van der Waals surface area contributed by atoms with Crippen LogP contribution < -0.4 is 15.4 Å². The number of ether oxygens (including phenoxy) is 2. The van der Waals surface area contributed by atoms with Crippen molar-refractivity contribution in [3.8, 4) is 11.5 Å². The first kappa shape index (κ1) is 23.7. The molecule has 2 atom stereocenters. The van der Waals surface area contributed by atoms with Gasteiger partial charge in [0.1, 0.15) is 0 Å². The van der Waals surface area contributed by atoms with Gasteiger partial charge in [0.05, 0.1) is 30.3 Å². The van der Waals surface area contributed by atoms with Crippen LogP contribution in [0, 0.1) is 5.92 Å². The average molecular weight is 436 g/mol. The number of carbonyl (C=O) groups is 1. The van der Waals surface area contributed by atoms with E-state index in [-0.39, 0.29) is 4.90 Å². The summed E-state index contributed by atoms with van der Waals surface area (Å²) in [6.07, 6.45) is 2.57. The lowest BCUT2D eigenvalue weighted by Gasteiger charge is -2.23. The normalized spacial score (nSPS) is 13.3. The van der Waals surface area contributed by atoms with E-state index in [0.717, 1.165) is 12.8 Å². The molecule has 2 aromatic carbocycles. The molecule has 2 N–H and O–H groups in total. The maximum atomic E-state index is 13.4. The van der Waals surface area contributed by atoms with Gasteiger partial charge < -0.3 is 14.3 Å². The number of carbonyl (C=O) groups excluding carboxylic acids is 1. The summed E-state index contributed by atoms with van der Waals surface area (Å²) < 4.78 is 37.2. The summed E-state index contributed by atoms with van der Waals surface area (Å²) in [5.74, 6) is 4.08. The number of hydrogen-bond acceptors (Lipinski definition) is 7. The van der Waals surface area contributed by atoms with Crippen molar-refractivity contribution in [1.29, 1.82) is 0 Å². The summed E-state index contributed by atoms with van der Waals surface area (Å²) in [7, 11) is -0.943. The molecule has 30 heavy (non-hydrogen) atoms. The first-order valence-electron chi connectivity index (χ1n) is 9.75. The molecule has 0 aromatic heterocycles. The lowest BCUT2D eigenvalue weighted by Crippen LogP contribution is -2.35. The minimum atomic E-state index is -3.85. The van der Waals surface area contributed by atoms with Crippen molar-refractivity contribution < 1.29 is 27.5 Å². The van der Waals surface area contributed by atoms with E-state index in [2.05, 4.69) is 4.84 Å². The topological polar surface area (TPSA) is 105 Å². The standard InChI is InChI=1S/C22H29NO6S/c1-16(22(24)29-23)21(12-8-7-11-17-9-5-4-6-10-17)30(25,26)18-13-14-19(27-2)20(15-18)28-3/h4-6,9-10,13-16,21H,7-8,11-12,23H2,1-3H3/t16-,21-/m1/s1. The van der Waals surface area contributed by atoms with Crippen molar-refractivity contribution in [2.24, 2.45) is 11.8 Å². The number of benzene rings is 2. The third kappa shape index (κ3) is 5.73. The quantitative estimate of drug-likeness (QED) is 0.426. The van der Waals surface area contributed by atoms with Crippen LogP contribution in [0.5, 0.6) is 11.5 Å². The number of sulfone groups is 1. The van der Waals surface area contributed by atoms with E-state index >= 15 is 0 Å². The van der Waals surface area contributed by atoms with Crippen LogP contribution in [0.2, 0.25) is 0 Å². The molecule has 0 bridgehead atoms. The largest absolute Gasteiger partial charge is 0.493 e. The number of nitrogens with two attached hydrogens (primary N) is 1. The van der Waals surface area contributed by atoms with Gasteiger partial charge in [-0.25, -0.2) is 8.42 Å². The van der Waals surface area contributed by atoms with Crippen molar-refractivity contribution >= 4 is 15.8 Å². The minimum absolute atomic E-state index is 0.0601. The van der Waals surface area contributed by atoms with Gasteiger partial charge in [-0.3, -0.25) is 4.79 Å². The molecule has 0 saturated heterocycles. The van der Waals surface area contributed by atoms with E-state index in [0.29, 0.717) is 24.3 Å². The Labute approximate surface area is 178 Å². The highest BCUT2D eigenvalue weighted by Crippen LogP contribution is 2.33. The molecule has 0 radical (unpaired) electrons. The summed E-state index contributed by atoms with van der Waals surface area (Å²) in [6.45, 7) is 1.52. The molecule has 8 heteroatoms. The van der Waals surface area contributed by atoms with Gasteiger partial charge >= 0.3 is 5.97 Å². The number of aryl methyl sites for hydroxylation is 1. The Balaban J connectivity index is 2.23. The van der Waals surface area contributed by atoms with Crippen LogP contribution in [-0.4, -0.2) is 33.9 Å². The van der Waals surface area contributed by atoms with Gasteiger partial charge in [0.25, 0.3) is 0 Å². The first-order chi connectivity index (χ1) is 14.3. The molecule has 0 spiro atoms. The van der Waals surface area contributed by atoms with Crippen molar-refractivity contribution in [3.05, 3.63) is 54.1 Å². The number of unbranched alkanes of at least 4 members (excludes halogenated alkanes) is 1. The fraction of sp³-hybridized carbons (Fsp3) is 0.409. The maximum absolute atomic E-state index is 13.4. The molecular weight excluding hydrogens is 406 g/mol. The molecule has 0 aliphatic rings. The Hall–Kier alpha value is -2.58. The van der Waals surface area contributed by atoms with Crippen LogP contribution in [0.3, 0.4) is 0 Å². The summed E-state index contributed by atoms with van der Waals surface area (Å²) in [6, 6.07) is 14.4. The summed E-state index contributed by atoms with van der Waals surface area (Å²) in [5.41, 5.74) is 1.19. The van der Waals surface area contributed by atoms with Gasteiger partial charge in [-0.05, 0) is 37.0 Å². The van der Waals surface area contributed by atoms with Crippen LogP contribution in [0.4, 0.5) is 0 Å². The van der Waals surface area contributed by atoms with Gasteiger partial charge in [0.15, 0.2) is 21.3 Å². The third-order valence-corrected chi connectivity index (χ3v) is 7.53. The zero-order chi connectivity index (χ0) is 22.1. The highest BCUT2D eigenvalue weighted by atomic mass is 32.2. The summed E-state index contributed by atoms with van der Waals surface area (Å²) >= 11 is 0. The van der Waals surface area contributed by atoms with Gasteiger partial charge in [0.2, 0.25) is 0 Å². The molecule has 164 valence electrons. The monoisotopic (exact) mass is 435 g/mol. The molecule has 0 aliphatic heterocycles. The first-order valence-corrected chi connectivity index (χ1v) is 11.3. The average Bonchev–Trinajstić information content (AvgIpc) is 2.77. The van der Waals surface area contributed by atoms with E-state index in [4.69, 9.17) is 15.4 Å². The van der Waals surface area contributed by atoms with Crippen molar-refractivity contribution in [3.63, 3.8) is 0 Å². The van der Waals surface area contributed by atoms with E-state index in [1.54, 1.807) is 0 Å². The molecule has 2 rings (SSSR count). The molecule has 0 aliphatic carbocycles. The number of rotatable bonds is 11. The van der Waals surface area contributed by atoms with Crippen molar-refractivity contribution in [1.82, 2.24) is 0 Å². The van der Waals surface area contributed by atoms with Crippen LogP contribution in [-0.2, 0) is 25.9 Å². The van der Waals surface area contributed by atoms with Gasteiger partial charge in [-0.1, -0.05) is 43.7 Å². The maximum Gasteiger partial charge on any atom is 0.328 e. The fourth-order valence-electron chi connectivity index (χ4n) is 3.42. The summed E-state index contributed by atoms with van der Waals surface area (Å²) in [4.78, 5) is 16.4. The van der Waals surface area contributed by atoms with Gasteiger partial charge in [0, 0.05) is 6.07 Å². The molecule has 0 unspecified atom stereocenters. The SMILES string of the molecule is COc1ccc(S(=O)(=O)[C@H](CCCCc2ccccc2)[C@@H](C)C(=O)ON)cc1OC. The van der Waals surface area contributed by atoms with Crippen LogP contribution in [0.15, 0.2) is 53.4 Å². The van der Waals surface area contributed by atoms with E-state index in [1.165, 1.54) is 44.9 Å². The third-order valence-electron chi connectivity index (χ3n) is 5.17. The molecule has 0 saturated carbocycles. The number of hydrogen-bond donors (Lipinski definition) is 1. The Kier molecular flexibility index (Phi) is 8.68. The molecule has 0 amide bonds. The van der Waals surface area contributed by atoms with E-state index in [1.807, 2.05) is 30.3 Å². The second-order valence-electron chi connectivity index (χ2n) is 7.06. The van der Waals surface area contributed by atoms with E-state index < -0.39 is 27.0 Å². The van der Waals surface area contributed by atoms with Crippen LogP contribution in [0.25, 0.3) is 0 Å². The Bertz CT molecular complexity index is 930. The van der Waals surface area contributed by atoms with E-state index in [9.17, 15) is 13.2 Å².